The van der Waals surface area contributed by atoms with Crippen molar-refractivity contribution in [2.45, 2.75) is 26.8 Å². The van der Waals surface area contributed by atoms with Gasteiger partial charge >= 0.3 is 0 Å². The van der Waals surface area contributed by atoms with Crippen LogP contribution in [-0.2, 0) is 13.0 Å². The minimum Gasteiger partial charge on any atom is -0.396 e. The highest BCUT2D eigenvalue weighted by atomic mass is 35.5. The van der Waals surface area contributed by atoms with Gasteiger partial charge in [-0.15, -0.1) is 24.8 Å². The zero-order chi connectivity index (χ0) is 7.56. The van der Waals surface area contributed by atoms with Crippen molar-refractivity contribution in [1.82, 2.24) is 9.78 Å². The van der Waals surface area contributed by atoms with E-state index in [-0.39, 0.29) is 24.8 Å². The normalized spacial score (nSPS) is 8.50. The van der Waals surface area contributed by atoms with Crippen molar-refractivity contribution in [2.24, 2.45) is 0 Å². The van der Waals surface area contributed by atoms with Gasteiger partial charge in [-0.3, -0.25) is 4.68 Å². The average molecular weight is 212 g/mol. The highest BCUT2D eigenvalue weighted by Gasteiger charge is 2.02. The number of nitrogens with zero attached hydrogens (tertiary/aromatic N) is 2. The van der Waals surface area contributed by atoms with E-state index in [0.29, 0.717) is 0 Å². The maximum Gasteiger partial charge on any atom is 0.0732 e. The summed E-state index contributed by atoms with van der Waals surface area (Å²) in [6.45, 7) is 5.05. The van der Waals surface area contributed by atoms with Crippen molar-refractivity contribution in [3.05, 3.63) is 11.9 Å². The Morgan fingerprint density at radius 2 is 2.00 bits per heavy atom. The molecule has 5 heteroatoms. The Morgan fingerprint density at radius 1 is 1.42 bits per heavy atom. The predicted octanol–water partition coefficient (Wildman–Crippen LogP) is 1.89. The van der Waals surface area contributed by atoms with Crippen molar-refractivity contribution >= 4 is 30.5 Å². The summed E-state index contributed by atoms with van der Waals surface area (Å²) < 4.78 is 1.93. The number of hydrogen-bond donors (Lipinski definition) is 1. The molecule has 3 nitrogen and oxygen atoms in total. The Balaban J connectivity index is 0. The first kappa shape index (κ1) is 14.1. The number of aryl methyl sites for hydroxylation is 1. The molecule has 0 spiro atoms. The maximum atomic E-state index is 5.64. The molecule has 0 unspecified atom stereocenters. The van der Waals surface area contributed by atoms with Crippen molar-refractivity contribution < 1.29 is 0 Å². The quantitative estimate of drug-likeness (QED) is 0.813. The molecule has 72 valence electrons. The fraction of sp³-hybridized carbons (Fsp3) is 0.571. The van der Waals surface area contributed by atoms with Crippen LogP contribution in [0, 0.1) is 0 Å². The highest BCUT2D eigenvalue weighted by Crippen LogP contribution is 2.10. The molecule has 1 heterocycles. The maximum absolute atomic E-state index is 5.64. The summed E-state index contributed by atoms with van der Waals surface area (Å²) in [5, 5.41) is 4.10. The van der Waals surface area contributed by atoms with E-state index < -0.39 is 0 Å². The van der Waals surface area contributed by atoms with Crippen molar-refractivity contribution in [3.63, 3.8) is 0 Å². The summed E-state index contributed by atoms with van der Waals surface area (Å²) in [6, 6.07) is 0. The molecule has 0 aliphatic carbocycles. The Bertz CT molecular complexity index is 222. The van der Waals surface area contributed by atoms with Gasteiger partial charge in [-0.05, 0) is 13.3 Å². The van der Waals surface area contributed by atoms with E-state index in [1.165, 1.54) is 0 Å². The topological polar surface area (TPSA) is 43.8 Å². The van der Waals surface area contributed by atoms with Crippen molar-refractivity contribution in [2.75, 3.05) is 5.73 Å². The molecule has 1 rings (SSSR count). The molecule has 0 bridgehead atoms. The van der Waals surface area contributed by atoms with Crippen LogP contribution >= 0.6 is 24.8 Å². The summed E-state index contributed by atoms with van der Waals surface area (Å²) in [6.07, 6.45) is 2.67. The van der Waals surface area contributed by atoms with Crippen LogP contribution in [0.4, 0.5) is 5.69 Å². The minimum atomic E-state index is 0. The molecule has 0 radical (unpaired) electrons. The lowest BCUT2D eigenvalue weighted by molar-refractivity contribution is 0.627. The third-order valence-corrected chi connectivity index (χ3v) is 1.62. The van der Waals surface area contributed by atoms with Gasteiger partial charge in [0.05, 0.1) is 17.6 Å². The molecule has 0 aliphatic heterocycles. The van der Waals surface area contributed by atoms with Crippen molar-refractivity contribution in [3.8, 4) is 0 Å². The number of halogens is 2. The first-order valence-corrected chi connectivity index (χ1v) is 3.59. The van der Waals surface area contributed by atoms with Crippen LogP contribution in [0.1, 0.15) is 19.5 Å². The van der Waals surface area contributed by atoms with E-state index in [9.17, 15) is 0 Å². The lowest BCUT2D eigenvalue weighted by Crippen LogP contribution is -2.02. The van der Waals surface area contributed by atoms with Gasteiger partial charge in [-0.25, -0.2) is 0 Å². The molecule has 0 amide bonds. The van der Waals surface area contributed by atoms with Crippen LogP contribution < -0.4 is 5.73 Å². The van der Waals surface area contributed by atoms with Crippen LogP contribution in [0.2, 0.25) is 0 Å². The van der Waals surface area contributed by atoms with E-state index in [2.05, 4.69) is 18.9 Å². The average Bonchev–Trinajstić information content (AvgIpc) is 2.30. The molecule has 0 aliphatic rings. The number of nitrogen functional groups attached to an aromatic ring is 1. The Morgan fingerprint density at radius 3 is 2.33 bits per heavy atom. The standard InChI is InChI=1S/C7H13N3.2ClH/c1-3-7-6(8)5-9-10(7)4-2;;/h5H,3-4,8H2,1-2H3;2*1H. The number of nitrogens with two attached hydrogens (primary N) is 1. The van der Waals surface area contributed by atoms with E-state index in [0.717, 1.165) is 24.3 Å². The van der Waals surface area contributed by atoms with Crippen LogP contribution in [0.25, 0.3) is 0 Å². The van der Waals surface area contributed by atoms with Gasteiger partial charge in [0.15, 0.2) is 0 Å². The lowest BCUT2D eigenvalue weighted by atomic mass is 10.3. The van der Waals surface area contributed by atoms with Gasteiger partial charge in [0.1, 0.15) is 0 Å². The molecule has 0 fully saturated rings. The largest absolute Gasteiger partial charge is 0.396 e. The molecular weight excluding hydrogens is 197 g/mol. The Labute approximate surface area is 85.1 Å². The van der Waals surface area contributed by atoms with Crippen LogP contribution in [-0.4, -0.2) is 9.78 Å². The summed E-state index contributed by atoms with van der Waals surface area (Å²) in [7, 11) is 0. The van der Waals surface area contributed by atoms with Gasteiger partial charge in [0, 0.05) is 6.54 Å². The van der Waals surface area contributed by atoms with E-state index in [1.807, 2.05) is 4.68 Å². The van der Waals surface area contributed by atoms with E-state index in [1.54, 1.807) is 6.20 Å². The third kappa shape index (κ3) is 2.57. The van der Waals surface area contributed by atoms with Crippen molar-refractivity contribution in [1.29, 1.82) is 0 Å². The smallest absolute Gasteiger partial charge is 0.0732 e. The number of aromatic nitrogens is 2. The number of anilines is 1. The molecule has 1 aromatic heterocycles. The Hall–Kier alpha value is -0.410. The third-order valence-electron chi connectivity index (χ3n) is 1.62. The van der Waals surface area contributed by atoms with Gasteiger partial charge < -0.3 is 5.73 Å². The predicted molar refractivity (Wildman–Crippen MR) is 56.2 cm³/mol. The number of hydrogen-bond acceptors (Lipinski definition) is 2. The second kappa shape index (κ2) is 6.14. The fourth-order valence-electron chi connectivity index (χ4n) is 1.08. The molecule has 2 N–H and O–H groups in total. The first-order chi connectivity index (χ1) is 4.79. The molecule has 0 saturated heterocycles. The summed E-state index contributed by atoms with van der Waals surface area (Å²) >= 11 is 0. The molecular formula is C7H15Cl2N3. The summed E-state index contributed by atoms with van der Waals surface area (Å²) in [4.78, 5) is 0. The van der Waals surface area contributed by atoms with Crippen LogP contribution in [0.3, 0.4) is 0 Å². The second-order valence-corrected chi connectivity index (χ2v) is 2.22. The van der Waals surface area contributed by atoms with Gasteiger partial charge in [0.2, 0.25) is 0 Å². The van der Waals surface area contributed by atoms with Crippen LogP contribution in [0.5, 0.6) is 0 Å². The van der Waals surface area contributed by atoms with Gasteiger partial charge in [0.25, 0.3) is 0 Å². The van der Waals surface area contributed by atoms with Gasteiger partial charge in [-0.1, -0.05) is 6.92 Å². The summed E-state index contributed by atoms with van der Waals surface area (Å²) in [5.41, 5.74) is 7.59. The summed E-state index contributed by atoms with van der Waals surface area (Å²) in [5.74, 6) is 0. The zero-order valence-corrected chi connectivity index (χ0v) is 8.91. The highest BCUT2D eigenvalue weighted by molar-refractivity contribution is 5.85. The zero-order valence-electron chi connectivity index (χ0n) is 7.28. The number of rotatable bonds is 2. The lowest BCUT2D eigenvalue weighted by Gasteiger charge is -2.00. The fourth-order valence-corrected chi connectivity index (χ4v) is 1.08. The molecule has 12 heavy (non-hydrogen) atoms. The monoisotopic (exact) mass is 211 g/mol. The van der Waals surface area contributed by atoms with E-state index in [4.69, 9.17) is 5.73 Å². The van der Waals surface area contributed by atoms with Crippen LogP contribution in [0.15, 0.2) is 6.20 Å². The molecule has 0 aromatic carbocycles. The molecule has 0 atom stereocenters. The molecule has 1 aromatic rings. The minimum absolute atomic E-state index is 0. The van der Waals surface area contributed by atoms with Gasteiger partial charge in [-0.2, -0.15) is 5.10 Å². The first-order valence-electron chi connectivity index (χ1n) is 3.59. The SMILES string of the molecule is CCc1c(N)cnn1CC.Cl.Cl. The molecule has 0 saturated carbocycles. The van der Waals surface area contributed by atoms with E-state index >= 15 is 0 Å². The Kier molecular flexibility index (Phi) is 7.24. The second-order valence-electron chi connectivity index (χ2n) is 2.22.